The van der Waals surface area contributed by atoms with Crippen LogP contribution in [0.3, 0.4) is 0 Å². The molecule has 1 aromatic carbocycles. The van der Waals surface area contributed by atoms with E-state index in [1.165, 1.54) is 18.4 Å². The highest BCUT2D eigenvalue weighted by molar-refractivity contribution is 8.00. The average molecular weight is 466 g/mol. The first-order valence-electron chi connectivity index (χ1n) is 12.1. The summed E-state index contributed by atoms with van der Waals surface area (Å²) in [5.74, 6) is 0.758. The molecule has 0 radical (unpaired) electrons. The predicted octanol–water partition coefficient (Wildman–Crippen LogP) is 3.65. The Kier molecular flexibility index (Phi) is 5.66. The van der Waals surface area contributed by atoms with Gasteiger partial charge in [0.1, 0.15) is 6.10 Å². The number of nitrogens with zero attached hydrogens (tertiary/aromatic N) is 5. The van der Waals surface area contributed by atoms with Crippen molar-refractivity contribution in [2.45, 2.75) is 48.5 Å². The molecule has 33 heavy (non-hydrogen) atoms. The van der Waals surface area contributed by atoms with Gasteiger partial charge in [-0.25, -0.2) is 14.8 Å². The fraction of sp³-hybridized carbons (Fsp3) is 0.560. The van der Waals surface area contributed by atoms with Crippen molar-refractivity contribution >= 4 is 23.8 Å². The first kappa shape index (κ1) is 21.2. The van der Waals surface area contributed by atoms with Gasteiger partial charge in [-0.3, -0.25) is 4.90 Å². The van der Waals surface area contributed by atoms with Crippen LogP contribution in [-0.2, 0) is 11.3 Å². The van der Waals surface area contributed by atoms with Crippen LogP contribution in [-0.4, -0.2) is 76.5 Å². The van der Waals surface area contributed by atoms with Crippen LogP contribution in [0.1, 0.15) is 31.2 Å². The highest BCUT2D eigenvalue weighted by Gasteiger charge is 2.53. The van der Waals surface area contributed by atoms with Gasteiger partial charge in [-0.15, -0.1) is 11.8 Å². The number of anilines is 1. The minimum Gasteiger partial charge on any atom is -0.446 e. The molecule has 7 nitrogen and oxygen atoms in total. The van der Waals surface area contributed by atoms with Crippen molar-refractivity contribution in [3.05, 3.63) is 48.3 Å². The number of aromatic nitrogens is 2. The zero-order valence-corrected chi connectivity index (χ0v) is 19.8. The van der Waals surface area contributed by atoms with Crippen LogP contribution in [0.2, 0.25) is 0 Å². The Hall–Kier alpha value is -2.32. The molecule has 0 bridgehead atoms. The van der Waals surface area contributed by atoms with Gasteiger partial charge in [0.05, 0.1) is 0 Å². The van der Waals surface area contributed by atoms with E-state index in [9.17, 15) is 4.79 Å². The van der Waals surface area contributed by atoms with Crippen LogP contribution in [0.4, 0.5) is 10.7 Å². The van der Waals surface area contributed by atoms with Crippen LogP contribution < -0.4 is 4.90 Å². The molecule has 4 aliphatic rings. The molecule has 0 atom stereocenters. The number of hydrogen-bond donors (Lipinski definition) is 0. The van der Waals surface area contributed by atoms with Gasteiger partial charge >= 0.3 is 6.09 Å². The molecule has 6 rings (SSSR count). The molecule has 2 saturated carbocycles. The van der Waals surface area contributed by atoms with Crippen molar-refractivity contribution in [1.29, 1.82) is 0 Å². The van der Waals surface area contributed by atoms with E-state index in [1.54, 1.807) is 0 Å². The summed E-state index contributed by atoms with van der Waals surface area (Å²) < 4.78 is 5.83. The van der Waals surface area contributed by atoms with Gasteiger partial charge in [0.15, 0.2) is 0 Å². The standard InChI is InChI=1S/C25H31N5O2S/c31-24(32-20-12-25(13-20)17-28(18-25)16-19-4-2-1-3-5-19)30-10-8-29(9-11-30)23-26-14-22(15-27-23)33-21-6-7-21/h1-5,14-15,20-21H,6-13,16-18H2. The molecule has 174 valence electrons. The Balaban J connectivity index is 0.909. The summed E-state index contributed by atoms with van der Waals surface area (Å²) in [5.41, 5.74) is 1.74. The minimum atomic E-state index is -0.160. The fourth-order valence-corrected chi connectivity index (χ4v) is 6.31. The molecule has 1 amide bonds. The lowest BCUT2D eigenvalue weighted by Crippen LogP contribution is -2.64. The molecule has 1 spiro atoms. The Morgan fingerprint density at radius 2 is 1.73 bits per heavy atom. The zero-order chi connectivity index (χ0) is 22.3. The van der Waals surface area contributed by atoms with Gasteiger partial charge in [0.25, 0.3) is 0 Å². The van der Waals surface area contributed by atoms with Gasteiger partial charge in [-0.2, -0.15) is 0 Å². The minimum absolute atomic E-state index is 0.0780. The van der Waals surface area contributed by atoms with E-state index in [4.69, 9.17) is 4.74 Å². The highest BCUT2D eigenvalue weighted by Crippen LogP contribution is 2.50. The summed E-state index contributed by atoms with van der Waals surface area (Å²) in [5, 5.41) is 0.761. The number of carbonyl (C=O) groups is 1. The number of hydrogen-bond acceptors (Lipinski definition) is 7. The van der Waals surface area contributed by atoms with E-state index in [2.05, 4.69) is 50.1 Å². The van der Waals surface area contributed by atoms with Crippen LogP contribution in [0, 0.1) is 5.41 Å². The Morgan fingerprint density at radius 1 is 1.03 bits per heavy atom. The summed E-state index contributed by atoms with van der Waals surface area (Å²) in [7, 11) is 0. The van der Waals surface area contributed by atoms with Crippen molar-refractivity contribution in [2.75, 3.05) is 44.2 Å². The topological polar surface area (TPSA) is 61.8 Å². The summed E-state index contributed by atoms with van der Waals surface area (Å²) in [6, 6.07) is 10.6. The molecular formula is C25H31N5O2S. The molecule has 2 aromatic rings. The number of thioether (sulfide) groups is 1. The molecule has 2 aliphatic heterocycles. The van der Waals surface area contributed by atoms with Crippen LogP contribution >= 0.6 is 11.8 Å². The third-order valence-electron chi connectivity index (χ3n) is 7.22. The van der Waals surface area contributed by atoms with Gasteiger partial charge in [0.2, 0.25) is 5.95 Å². The van der Waals surface area contributed by atoms with Crippen LogP contribution in [0.5, 0.6) is 0 Å². The number of carbonyl (C=O) groups excluding carboxylic acids is 1. The van der Waals surface area contributed by atoms with E-state index in [0.29, 0.717) is 18.5 Å². The van der Waals surface area contributed by atoms with Crippen molar-refractivity contribution in [2.24, 2.45) is 5.41 Å². The van der Waals surface area contributed by atoms with E-state index >= 15 is 0 Å². The molecule has 8 heteroatoms. The highest BCUT2D eigenvalue weighted by atomic mass is 32.2. The third kappa shape index (κ3) is 4.82. The number of piperazine rings is 1. The number of benzene rings is 1. The maximum atomic E-state index is 12.7. The fourth-order valence-electron chi connectivity index (χ4n) is 5.32. The van der Waals surface area contributed by atoms with Crippen molar-refractivity contribution in [3.8, 4) is 0 Å². The smallest absolute Gasteiger partial charge is 0.410 e. The summed E-state index contributed by atoms with van der Waals surface area (Å²) in [4.78, 5) is 29.4. The van der Waals surface area contributed by atoms with Crippen molar-refractivity contribution in [3.63, 3.8) is 0 Å². The van der Waals surface area contributed by atoms with Gasteiger partial charge < -0.3 is 14.5 Å². The molecule has 1 aromatic heterocycles. The summed E-state index contributed by atoms with van der Waals surface area (Å²) >= 11 is 1.87. The lowest BCUT2D eigenvalue weighted by molar-refractivity contribution is -0.136. The second-order valence-corrected chi connectivity index (χ2v) is 11.4. The second kappa shape index (κ2) is 8.80. The van der Waals surface area contributed by atoms with Crippen LogP contribution in [0.25, 0.3) is 0 Å². The summed E-state index contributed by atoms with van der Waals surface area (Å²) in [6.07, 6.45) is 8.39. The van der Waals surface area contributed by atoms with Gasteiger partial charge in [-0.1, -0.05) is 30.3 Å². The third-order valence-corrected chi connectivity index (χ3v) is 8.51. The molecule has 0 N–H and O–H groups in total. The second-order valence-electron chi connectivity index (χ2n) is 10.1. The number of rotatable bonds is 6. The lowest BCUT2D eigenvalue weighted by atomic mass is 9.61. The van der Waals surface area contributed by atoms with Gasteiger partial charge in [0, 0.05) is 73.8 Å². The predicted molar refractivity (Wildman–Crippen MR) is 128 cm³/mol. The SMILES string of the molecule is O=C(OC1CC2(C1)CN(Cc1ccccc1)C2)N1CCN(c2ncc(SC3CC3)cn2)CC1. The molecule has 4 fully saturated rings. The van der Waals surface area contributed by atoms with Crippen LogP contribution in [0.15, 0.2) is 47.6 Å². The molecule has 3 heterocycles. The zero-order valence-electron chi connectivity index (χ0n) is 18.9. The van der Waals surface area contributed by atoms with E-state index in [1.807, 2.05) is 29.1 Å². The Morgan fingerprint density at radius 3 is 2.39 bits per heavy atom. The normalized spacial score (nSPS) is 22.7. The average Bonchev–Trinajstić information content (AvgIpc) is 3.61. The molecule has 2 aliphatic carbocycles. The maximum Gasteiger partial charge on any atom is 0.410 e. The first-order valence-corrected chi connectivity index (χ1v) is 13.0. The monoisotopic (exact) mass is 465 g/mol. The van der Waals surface area contributed by atoms with E-state index in [-0.39, 0.29) is 12.2 Å². The Labute approximate surface area is 199 Å². The lowest BCUT2D eigenvalue weighted by Gasteiger charge is -2.58. The number of likely N-dealkylation sites (tertiary alicyclic amines) is 1. The van der Waals surface area contributed by atoms with Crippen molar-refractivity contribution in [1.82, 2.24) is 19.8 Å². The maximum absolute atomic E-state index is 12.7. The number of amides is 1. The van der Waals surface area contributed by atoms with Gasteiger partial charge in [-0.05, 0) is 31.2 Å². The largest absolute Gasteiger partial charge is 0.446 e. The molecular weight excluding hydrogens is 434 g/mol. The summed E-state index contributed by atoms with van der Waals surface area (Å²) in [6.45, 7) is 6.05. The first-order chi connectivity index (χ1) is 16.1. The van der Waals surface area contributed by atoms with Crippen molar-refractivity contribution < 1.29 is 9.53 Å². The quantitative estimate of drug-likeness (QED) is 0.645. The molecule has 2 saturated heterocycles. The molecule has 0 unspecified atom stereocenters. The number of ether oxygens (including phenoxy) is 1. The van der Waals surface area contributed by atoms with E-state index < -0.39 is 0 Å². The Bertz CT molecular complexity index is 962. The van der Waals surface area contributed by atoms with E-state index in [0.717, 1.165) is 61.7 Å².